The zero-order valence-corrected chi connectivity index (χ0v) is 21.0. The number of carbonyl (C=O) groups is 3. The molecule has 192 valence electrons. The van der Waals surface area contributed by atoms with E-state index in [4.69, 9.17) is 22.6 Å². The van der Waals surface area contributed by atoms with Gasteiger partial charge in [-0.1, -0.05) is 18.5 Å². The fourth-order valence-electron chi connectivity index (χ4n) is 3.92. The molecule has 0 fully saturated rings. The van der Waals surface area contributed by atoms with Gasteiger partial charge in [-0.2, -0.15) is 5.26 Å². The van der Waals surface area contributed by atoms with E-state index in [-0.39, 0.29) is 47.5 Å². The van der Waals surface area contributed by atoms with Crippen molar-refractivity contribution in [2.24, 2.45) is 11.7 Å². The molecule has 0 aliphatic carbocycles. The summed E-state index contributed by atoms with van der Waals surface area (Å²) in [7, 11) is 0. The molecule has 0 spiro atoms. The summed E-state index contributed by atoms with van der Waals surface area (Å²) >= 11 is 5.98. The Bertz CT molecular complexity index is 1550. The van der Waals surface area contributed by atoms with E-state index in [2.05, 4.69) is 10.6 Å². The lowest BCUT2D eigenvalue weighted by Crippen LogP contribution is -2.42. The monoisotopic (exact) mass is 524 g/mol. The van der Waals surface area contributed by atoms with Gasteiger partial charge in [0, 0.05) is 30.8 Å². The number of fused-ring (bicyclic) bond motifs is 1. The standard InChI is InChI=1S/C25H25ClN6O5/c1-3-31-20-7-6-16(10-18(20)24(36)32(25(31)37)13-21(28)33)29-22(34)8-14(2)9-23(35)30-17-5-4-15(12-27)19(26)11-17/h4-7,10-11,14H,3,8-9,13H2,1-2H3,(H2,28,33)(H,29,34)(H,30,35). The largest absolute Gasteiger partial charge is 0.368 e. The molecule has 2 aromatic carbocycles. The molecule has 1 aromatic heterocycles. The molecule has 37 heavy (non-hydrogen) atoms. The first kappa shape index (κ1) is 27.2. The van der Waals surface area contributed by atoms with E-state index < -0.39 is 23.7 Å². The van der Waals surface area contributed by atoms with Gasteiger partial charge in [-0.15, -0.1) is 0 Å². The summed E-state index contributed by atoms with van der Waals surface area (Å²) in [5.74, 6) is -1.83. The topological polar surface area (TPSA) is 169 Å². The van der Waals surface area contributed by atoms with Crippen LogP contribution in [0.5, 0.6) is 0 Å². The smallest absolute Gasteiger partial charge is 0.331 e. The Morgan fingerprint density at radius 2 is 1.62 bits per heavy atom. The van der Waals surface area contributed by atoms with Crippen LogP contribution in [0.1, 0.15) is 32.3 Å². The van der Waals surface area contributed by atoms with Crippen molar-refractivity contribution < 1.29 is 14.4 Å². The normalized spacial score (nSPS) is 11.5. The second-order valence-electron chi connectivity index (χ2n) is 8.53. The van der Waals surface area contributed by atoms with E-state index in [0.717, 1.165) is 4.57 Å². The van der Waals surface area contributed by atoms with Crippen LogP contribution in [0.25, 0.3) is 10.9 Å². The minimum Gasteiger partial charge on any atom is -0.368 e. The van der Waals surface area contributed by atoms with Gasteiger partial charge in [-0.05, 0) is 49.2 Å². The number of nitrogens with two attached hydrogens (primary N) is 1. The fourth-order valence-corrected chi connectivity index (χ4v) is 4.14. The van der Waals surface area contributed by atoms with Gasteiger partial charge in [-0.25, -0.2) is 4.79 Å². The predicted molar refractivity (Wildman–Crippen MR) is 139 cm³/mol. The lowest BCUT2D eigenvalue weighted by Gasteiger charge is -2.14. The Hall–Kier alpha value is -4.43. The van der Waals surface area contributed by atoms with E-state index >= 15 is 0 Å². The van der Waals surface area contributed by atoms with Gasteiger partial charge in [0.05, 0.1) is 21.5 Å². The van der Waals surface area contributed by atoms with Gasteiger partial charge in [0.2, 0.25) is 17.7 Å². The molecule has 0 bridgehead atoms. The number of aryl methyl sites for hydroxylation is 1. The fraction of sp³-hybridized carbons (Fsp3) is 0.280. The molecule has 0 aliphatic rings. The van der Waals surface area contributed by atoms with E-state index in [9.17, 15) is 24.0 Å². The number of hydrogen-bond donors (Lipinski definition) is 3. The Kier molecular flexibility index (Phi) is 8.47. The molecule has 1 unspecified atom stereocenters. The summed E-state index contributed by atoms with van der Waals surface area (Å²) in [6.07, 6.45) is 0.0866. The molecule has 4 N–H and O–H groups in total. The highest BCUT2D eigenvalue weighted by Gasteiger charge is 2.17. The molecule has 3 amide bonds. The Morgan fingerprint density at radius 1 is 1.03 bits per heavy atom. The van der Waals surface area contributed by atoms with Crippen molar-refractivity contribution in [3.8, 4) is 6.07 Å². The van der Waals surface area contributed by atoms with Crippen LogP contribution in [0.15, 0.2) is 46.0 Å². The lowest BCUT2D eigenvalue weighted by atomic mass is 10.0. The number of carbonyl (C=O) groups excluding carboxylic acids is 3. The molecule has 3 aromatic rings. The SMILES string of the molecule is CCn1c(=O)n(CC(N)=O)c(=O)c2cc(NC(=O)CC(C)CC(=O)Nc3ccc(C#N)c(Cl)c3)ccc21. The number of nitriles is 1. The first-order chi connectivity index (χ1) is 17.5. The highest BCUT2D eigenvalue weighted by Crippen LogP contribution is 2.21. The van der Waals surface area contributed by atoms with Crippen LogP contribution in [0.4, 0.5) is 11.4 Å². The average molecular weight is 525 g/mol. The predicted octanol–water partition coefficient (Wildman–Crippen LogP) is 2.19. The third-order valence-corrected chi connectivity index (χ3v) is 5.89. The summed E-state index contributed by atoms with van der Waals surface area (Å²) in [6.45, 7) is 3.17. The number of aromatic nitrogens is 2. The molecule has 1 heterocycles. The number of nitrogens with zero attached hydrogens (tertiary/aromatic N) is 3. The minimum atomic E-state index is -0.828. The van der Waals surface area contributed by atoms with Crippen LogP contribution in [-0.4, -0.2) is 26.9 Å². The van der Waals surface area contributed by atoms with Gasteiger partial charge in [0.15, 0.2) is 0 Å². The maximum Gasteiger partial charge on any atom is 0.331 e. The van der Waals surface area contributed by atoms with Crippen molar-refractivity contribution in [3.63, 3.8) is 0 Å². The summed E-state index contributed by atoms with van der Waals surface area (Å²) in [5, 5.41) is 14.7. The molecule has 0 saturated carbocycles. The first-order valence-corrected chi connectivity index (χ1v) is 11.8. The maximum absolute atomic E-state index is 12.9. The van der Waals surface area contributed by atoms with Crippen molar-refractivity contribution >= 4 is 51.6 Å². The van der Waals surface area contributed by atoms with Gasteiger partial charge in [0.25, 0.3) is 5.56 Å². The summed E-state index contributed by atoms with van der Waals surface area (Å²) in [4.78, 5) is 61.8. The summed E-state index contributed by atoms with van der Waals surface area (Å²) in [6, 6.07) is 11.0. The molecular formula is C25H25ClN6O5. The summed E-state index contributed by atoms with van der Waals surface area (Å²) < 4.78 is 2.11. The molecule has 3 rings (SSSR count). The third-order valence-electron chi connectivity index (χ3n) is 5.58. The second kappa shape index (κ2) is 11.5. The van der Waals surface area contributed by atoms with Crippen LogP contribution in [0.2, 0.25) is 5.02 Å². The van der Waals surface area contributed by atoms with Crippen LogP contribution < -0.4 is 27.6 Å². The number of nitrogens with one attached hydrogen (secondary N) is 2. The Labute approximate surface area is 216 Å². The van der Waals surface area contributed by atoms with Crippen LogP contribution in [-0.2, 0) is 27.5 Å². The second-order valence-corrected chi connectivity index (χ2v) is 8.94. The number of rotatable bonds is 9. The quantitative estimate of drug-likeness (QED) is 0.387. The zero-order chi connectivity index (χ0) is 27.3. The number of hydrogen-bond acceptors (Lipinski definition) is 6. The Balaban J connectivity index is 1.70. The maximum atomic E-state index is 12.9. The zero-order valence-electron chi connectivity index (χ0n) is 20.2. The molecule has 11 nitrogen and oxygen atoms in total. The molecule has 0 saturated heterocycles. The van der Waals surface area contributed by atoms with E-state index in [1.807, 2.05) is 6.07 Å². The minimum absolute atomic E-state index is 0.0277. The van der Waals surface area contributed by atoms with Crippen molar-refractivity contribution in [3.05, 3.63) is 67.8 Å². The van der Waals surface area contributed by atoms with Crippen molar-refractivity contribution in [2.45, 2.75) is 39.8 Å². The first-order valence-electron chi connectivity index (χ1n) is 11.4. The highest BCUT2D eigenvalue weighted by atomic mass is 35.5. The molecular weight excluding hydrogens is 500 g/mol. The van der Waals surface area contributed by atoms with E-state index in [1.54, 1.807) is 32.0 Å². The molecule has 0 aliphatic heterocycles. The number of halogens is 1. The number of benzene rings is 2. The van der Waals surface area contributed by atoms with Crippen molar-refractivity contribution in [2.75, 3.05) is 10.6 Å². The van der Waals surface area contributed by atoms with E-state index in [1.165, 1.54) is 22.8 Å². The number of primary amides is 1. The van der Waals surface area contributed by atoms with Crippen molar-refractivity contribution in [1.29, 1.82) is 5.26 Å². The molecule has 0 radical (unpaired) electrons. The van der Waals surface area contributed by atoms with Gasteiger partial charge >= 0.3 is 5.69 Å². The van der Waals surface area contributed by atoms with Gasteiger partial charge < -0.3 is 16.4 Å². The third kappa shape index (κ3) is 6.42. The van der Waals surface area contributed by atoms with Gasteiger partial charge in [0.1, 0.15) is 12.6 Å². The average Bonchev–Trinajstić information content (AvgIpc) is 2.82. The van der Waals surface area contributed by atoms with Gasteiger partial charge in [-0.3, -0.25) is 28.3 Å². The molecule has 12 heteroatoms. The summed E-state index contributed by atoms with van der Waals surface area (Å²) in [5.41, 5.74) is 5.27. The Morgan fingerprint density at radius 3 is 2.16 bits per heavy atom. The molecule has 1 atom stereocenters. The van der Waals surface area contributed by atoms with E-state index in [0.29, 0.717) is 22.5 Å². The number of anilines is 2. The van der Waals surface area contributed by atoms with Crippen LogP contribution >= 0.6 is 11.6 Å². The highest BCUT2D eigenvalue weighted by molar-refractivity contribution is 6.32. The van der Waals surface area contributed by atoms with Crippen molar-refractivity contribution in [1.82, 2.24) is 9.13 Å². The number of amides is 3. The lowest BCUT2D eigenvalue weighted by molar-refractivity contribution is -0.119. The van der Waals surface area contributed by atoms with Crippen LogP contribution in [0.3, 0.4) is 0 Å². The van der Waals surface area contributed by atoms with Crippen LogP contribution in [0, 0.1) is 17.2 Å².